The molecule has 0 radical (unpaired) electrons. The molecule has 0 aliphatic carbocycles. The largest absolute Gasteiger partial charge is 0.465 e. The highest BCUT2D eigenvalue weighted by molar-refractivity contribution is 5.90. The van der Waals surface area contributed by atoms with Crippen molar-refractivity contribution < 1.29 is 9.53 Å². The molecule has 4 nitrogen and oxygen atoms in total. The first kappa shape index (κ1) is 12.9. The summed E-state index contributed by atoms with van der Waals surface area (Å²) in [4.78, 5) is 13.7. The summed E-state index contributed by atoms with van der Waals surface area (Å²) in [6, 6.07) is 7.52. The highest BCUT2D eigenvalue weighted by Gasteiger charge is 2.27. The quantitative estimate of drug-likeness (QED) is 0.811. The number of rotatable bonds is 2. The van der Waals surface area contributed by atoms with Gasteiger partial charge in [0.1, 0.15) is 0 Å². The first-order valence-electron chi connectivity index (χ1n) is 6.24. The first-order chi connectivity index (χ1) is 8.52. The Morgan fingerprint density at radius 1 is 1.50 bits per heavy atom. The Morgan fingerprint density at radius 3 is 2.94 bits per heavy atom. The van der Waals surface area contributed by atoms with Gasteiger partial charge >= 0.3 is 5.97 Å². The van der Waals surface area contributed by atoms with Crippen molar-refractivity contribution in [1.29, 1.82) is 0 Å². The monoisotopic (exact) mass is 248 g/mol. The van der Waals surface area contributed by atoms with Gasteiger partial charge in [-0.3, -0.25) is 0 Å². The van der Waals surface area contributed by atoms with E-state index in [0.29, 0.717) is 5.56 Å². The molecule has 4 heteroatoms. The number of nitrogens with zero attached hydrogens (tertiary/aromatic N) is 1. The lowest BCUT2D eigenvalue weighted by atomic mass is 9.92. The second kappa shape index (κ2) is 4.98. The molecular weight excluding hydrogens is 228 g/mol. The Labute approximate surface area is 108 Å². The predicted molar refractivity (Wildman–Crippen MR) is 71.8 cm³/mol. The van der Waals surface area contributed by atoms with Gasteiger partial charge in [0.15, 0.2) is 0 Å². The van der Waals surface area contributed by atoms with Crippen LogP contribution in [0.5, 0.6) is 0 Å². The molecule has 98 valence electrons. The molecule has 1 heterocycles. The van der Waals surface area contributed by atoms with Gasteiger partial charge in [-0.25, -0.2) is 4.79 Å². The summed E-state index contributed by atoms with van der Waals surface area (Å²) in [6.07, 6.45) is 2.12. The van der Waals surface area contributed by atoms with Crippen LogP contribution in [-0.4, -0.2) is 31.7 Å². The van der Waals surface area contributed by atoms with Crippen LogP contribution in [0.1, 0.15) is 30.1 Å². The number of piperidine rings is 1. The van der Waals surface area contributed by atoms with Crippen LogP contribution in [0.15, 0.2) is 24.3 Å². The molecular formula is C14H20N2O2. The number of methoxy groups -OCH3 is 1. The molecule has 1 atom stereocenters. The van der Waals surface area contributed by atoms with Crippen LogP contribution >= 0.6 is 0 Å². The highest BCUT2D eigenvalue weighted by Crippen LogP contribution is 2.25. The smallest absolute Gasteiger partial charge is 0.337 e. The van der Waals surface area contributed by atoms with Crippen LogP contribution in [0.4, 0.5) is 5.69 Å². The molecule has 0 saturated carbocycles. The molecule has 1 unspecified atom stereocenters. The van der Waals surface area contributed by atoms with Crippen LogP contribution in [0.2, 0.25) is 0 Å². The van der Waals surface area contributed by atoms with Crippen LogP contribution < -0.4 is 10.6 Å². The number of carbonyl (C=O) groups is 1. The van der Waals surface area contributed by atoms with Crippen molar-refractivity contribution in [3.63, 3.8) is 0 Å². The van der Waals surface area contributed by atoms with Crippen molar-refractivity contribution in [1.82, 2.24) is 0 Å². The third-order valence-electron chi connectivity index (χ3n) is 3.36. The summed E-state index contributed by atoms with van der Waals surface area (Å²) in [6.45, 7) is 3.87. The van der Waals surface area contributed by atoms with Crippen molar-refractivity contribution in [2.45, 2.75) is 25.3 Å². The maximum absolute atomic E-state index is 11.5. The Morgan fingerprint density at radius 2 is 2.28 bits per heavy atom. The van der Waals surface area contributed by atoms with Gasteiger partial charge < -0.3 is 15.4 Å². The number of ether oxygens (including phenoxy) is 1. The molecule has 0 spiro atoms. The molecule has 18 heavy (non-hydrogen) atoms. The zero-order valence-corrected chi connectivity index (χ0v) is 11.0. The number of hydrogen-bond donors (Lipinski definition) is 1. The van der Waals surface area contributed by atoms with Gasteiger partial charge in [-0.15, -0.1) is 0 Å². The van der Waals surface area contributed by atoms with Gasteiger partial charge in [-0.1, -0.05) is 6.07 Å². The Balaban J connectivity index is 2.20. The Kier molecular flexibility index (Phi) is 3.57. The maximum Gasteiger partial charge on any atom is 0.337 e. The summed E-state index contributed by atoms with van der Waals surface area (Å²) in [5.41, 5.74) is 7.66. The fourth-order valence-corrected chi connectivity index (χ4v) is 2.44. The summed E-state index contributed by atoms with van der Waals surface area (Å²) >= 11 is 0. The van der Waals surface area contributed by atoms with Gasteiger partial charge in [-0.05, 0) is 38.0 Å². The van der Waals surface area contributed by atoms with E-state index in [1.54, 1.807) is 6.07 Å². The summed E-state index contributed by atoms with van der Waals surface area (Å²) in [5.74, 6) is -0.302. The van der Waals surface area contributed by atoms with Crippen LogP contribution in [0.3, 0.4) is 0 Å². The summed E-state index contributed by atoms with van der Waals surface area (Å²) in [5, 5.41) is 0. The zero-order valence-electron chi connectivity index (χ0n) is 11.0. The van der Waals surface area contributed by atoms with E-state index in [1.165, 1.54) is 7.11 Å². The predicted octanol–water partition coefficient (Wildman–Crippen LogP) is 1.79. The number of esters is 1. The van der Waals surface area contributed by atoms with E-state index >= 15 is 0 Å². The third kappa shape index (κ3) is 2.82. The molecule has 0 bridgehead atoms. The third-order valence-corrected chi connectivity index (χ3v) is 3.36. The van der Waals surface area contributed by atoms with E-state index in [1.807, 2.05) is 18.2 Å². The average Bonchev–Trinajstić information content (AvgIpc) is 2.37. The lowest BCUT2D eigenvalue weighted by molar-refractivity contribution is 0.0601. The lowest BCUT2D eigenvalue weighted by Gasteiger charge is -2.39. The molecule has 1 aromatic carbocycles. The molecule has 0 amide bonds. The minimum absolute atomic E-state index is 0.153. The van der Waals surface area contributed by atoms with Gasteiger partial charge in [0.25, 0.3) is 0 Å². The standard InChI is InChI=1S/C14H20N2O2/c1-14(15)7-4-8-16(10-14)12-6-3-5-11(9-12)13(17)18-2/h3,5-6,9H,4,7-8,10,15H2,1-2H3. The molecule has 1 aromatic rings. The van der Waals surface area contributed by atoms with Crippen molar-refractivity contribution in [2.75, 3.05) is 25.1 Å². The van der Waals surface area contributed by atoms with Crippen LogP contribution in [0, 0.1) is 0 Å². The maximum atomic E-state index is 11.5. The normalized spacial score (nSPS) is 23.8. The van der Waals surface area contributed by atoms with E-state index in [-0.39, 0.29) is 11.5 Å². The van der Waals surface area contributed by atoms with Crippen molar-refractivity contribution in [2.24, 2.45) is 5.73 Å². The van der Waals surface area contributed by atoms with E-state index in [0.717, 1.165) is 31.6 Å². The fraction of sp³-hybridized carbons (Fsp3) is 0.500. The minimum Gasteiger partial charge on any atom is -0.465 e. The number of hydrogen-bond acceptors (Lipinski definition) is 4. The number of nitrogens with two attached hydrogens (primary N) is 1. The molecule has 2 N–H and O–H groups in total. The van der Waals surface area contributed by atoms with Crippen molar-refractivity contribution >= 4 is 11.7 Å². The molecule has 1 saturated heterocycles. The Hall–Kier alpha value is -1.55. The van der Waals surface area contributed by atoms with Crippen LogP contribution in [0.25, 0.3) is 0 Å². The van der Waals surface area contributed by atoms with E-state index in [9.17, 15) is 4.79 Å². The van der Waals surface area contributed by atoms with Crippen LogP contribution in [-0.2, 0) is 4.74 Å². The van der Waals surface area contributed by atoms with Gasteiger partial charge in [0.05, 0.1) is 12.7 Å². The zero-order chi connectivity index (χ0) is 13.2. The fourth-order valence-electron chi connectivity index (χ4n) is 2.44. The number of benzene rings is 1. The van der Waals surface area contributed by atoms with Gasteiger partial charge in [0.2, 0.25) is 0 Å². The second-order valence-corrected chi connectivity index (χ2v) is 5.22. The molecule has 1 aliphatic rings. The SMILES string of the molecule is COC(=O)c1cccc(N2CCCC(C)(N)C2)c1. The molecule has 0 aromatic heterocycles. The number of carbonyl (C=O) groups excluding carboxylic acids is 1. The molecule has 2 rings (SSSR count). The first-order valence-corrected chi connectivity index (χ1v) is 6.24. The molecule has 1 aliphatic heterocycles. The minimum atomic E-state index is -0.302. The second-order valence-electron chi connectivity index (χ2n) is 5.22. The summed E-state index contributed by atoms with van der Waals surface area (Å²) in [7, 11) is 1.40. The van der Waals surface area contributed by atoms with E-state index in [2.05, 4.69) is 11.8 Å². The highest BCUT2D eigenvalue weighted by atomic mass is 16.5. The number of anilines is 1. The van der Waals surface area contributed by atoms with Gasteiger partial charge in [-0.2, -0.15) is 0 Å². The lowest BCUT2D eigenvalue weighted by Crippen LogP contribution is -2.52. The topological polar surface area (TPSA) is 55.6 Å². The van der Waals surface area contributed by atoms with E-state index in [4.69, 9.17) is 10.5 Å². The molecule has 1 fully saturated rings. The van der Waals surface area contributed by atoms with Gasteiger partial charge in [0, 0.05) is 24.3 Å². The summed E-state index contributed by atoms with van der Waals surface area (Å²) < 4.78 is 4.74. The average molecular weight is 248 g/mol. The van der Waals surface area contributed by atoms with Crippen molar-refractivity contribution in [3.8, 4) is 0 Å². The van der Waals surface area contributed by atoms with E-state index < -0.39 is 0 Å². The van der Waals surface area contributed by atoms with Crippen molar-refractivity contribution in [3.05, 3.63) is 29.8 Å². The Bertz CT molecular complexity index is 443.